The first-order valence-corrected chi connectivity index (χ1v) is 7.64. The van der Waals surface area contributed by atoms with Crippen LogP contribution >= 0.6 is 23.6 Å². The lowest BCUT2D eigenvalue weighted by molar-refractivity contribution is 0.741. The van der Waals surface area contributed by atoms with Crippen molar-refractivity contribution in [2.75, 3.05) is 11.4 Å². The van der Waals surface area contributed by atoms with E-state index in [4.69, 9.17) is 18.0 Å². The van der Waals surface area contributed by atoms with Crippen molar-refractivity contribution in [1.29, 1.82) is 0 Å². The number of fused-ring (bicyclic) bond motifs is 1. The zero-order chi connectivity index (χ0) is 13.4. The van der Waals surface area contributed by atoms with Gasteiger partial charge in [0.05, 0.1) is 0 Å². The fraction of sp³-hybridized carbons (Fsp3) is 0.267. The number of aryl methyl sites for hydroxylation is 1. The van der Waals surface area contributed by atoms with Crippen LogP contribution in [0.5, 0.6) is 0 Å². The van der Waals surface area contributed by atoms with Gasteiger partial charge < -0.3 is 10.6 Å². The molecule has 0 radical (unpaired) electrons. The van der Waals surface area contributed by atoms with Gasteiger partial charge in [-0.3, -0.25) is 0 Å². The summed E-state index contributed by atoms with van der Waals surface area (Å²) in [7, 11) is 0. The van der Waals surface area contributed by atoms with Gasteiger partial charge in [0.15, 0.2) is 0 Å². The van der Waals surface area contributed by atoms with E-state index >= 15 is 0 Å². The zero-order valence-corrected chi connectivity index (χ0v) is 12.5. The standard InChI is InChI=1S/C15H16N2S2/c1-10-8-11(15(16)18)2-3-13(10)17-6-4-14-12(9-17)5-7-19-14/h2-3,5,7-8H,4,6,9H2,1H3,(H2,16,18). The molecule has 98 valence electrons. The van der Waals surface area contributed by atoms with E-state index in [1.54, 1.807) is 0 Å². The van der Waals surface area contributed by atoms with Gasteiger partial charge in [-0.2, -0.15) is 0 Å². The van der Waals surface area contributed by atoms with Crippen LogP contribution in [0.3, 0.4) is 0 Å². The summed E-state index contributed by atoms with van der Waals surface area (Å²) in [5, 5.41) is 2.19. The average molecular weight is 288 g/mol. The Balaban J connectivity index is 1.90. The predicted molar refractivity (Wildman–Crippen MR) is 86.1 cm³/mol. The number of nitrogens with two attached hydrogens (primary N) is 1. The Hall–Kier alpha value is -1.39. The molecule has 1 aromatic carbocycles. The van der Waals surface area contributed by atoms with E-state index in [2.05, 4.69) is 35.4 Å². The summed E-state index contributed by atoms with van der Waals surface area (Å²) >= 11 is 6.90. The van der Waals surface area contributed by atoms with E-state index in [9.17, 15) is 0 Å². The van der Waals surface area contributed by atoms with Crippen molar-refractivity contribution >= 4 is 34.2 Å². The van der Waals surface area contributed by atoms with E-state index in [0.717, 1.165) is 25.1 Å². The largest absolute Gasteiger partial charge is 0.389 e. The molecule has 4 heteroatoms. The number of rotatable bonds is 2. The number of nitrogens with zero attached hydrogens (tertiary/aromatic N) is 1. The second-order valence-corrected chi connectivity index (χ2v) is 6.35. The lowest BCUT2D eigenvalue weighted by atomic mass is 10.0. The van der Waals surface area contributed by atoms with Gasteiger partial charge in [-0.05, 0) is 54.1 Å². The van der Waals surface area contributed by atoms with Crippen LogP contribution < -0.4 is 10.6 Å². The van der Waals surface area contributed by atoms with E-state index in [1.807, 2.05) is 17.4 Å². The molecule has 0 saturated carbocycles. The molecule has 0 bridgehead atoms. The molecule has 1 aliphatic heterocycles. The third-order valence-corrected chi connectivity index (χ3v) is 4.89. The Morgan fingerprint density at radius 3 is 2.95 bits per heavy atom. The average Bonchev–Trinajstić information content (AvgIpc) is 2.85. The first-order valence-electron chi connectivity index (χ1n) is 6.36. The smallest absolute Gasteiger partial charge is 0.103 e. The van der Waals surface area contributed by atoms with Crippen LogP contribution in [0.15, 0.2) is 29.6 Å². The van der Waals surface area contributed by atoms with Crippen LogP contribution in [0, 0.1) is 6.92 Å². The van der Waals surface area contributed by atoms with E-state index in [-0.39, 0.29) is 0 Å². The SMILES string of the molecule is Cc1cc(C(N)=S)ccc1N1CCc2sccc2C1. The summed E-state index contributed by atoms with van der Waals surface area (Å²) in [4.78, 5) is 4.44. The second-order valence-electron chi connectivity index (χ2n) is 4.91. The molecule has 1 aromatic heterocycles. The second kappa shape index (κ2) is 4.94. The zero-order valence-electron chi connectivity index (χ0n) is 10.8. The van der Waals surface area contributed by atoms with Crippen LogP contribution in [-0.2, 0) is 13.0 Å². The van der Waals surface area contributed by atoms with Crippen molar-refractivity contribution in [2.24, 2.45) is 5.73 Å². The molecular weight excluding hydrogens is 272 g/mol. The third-order valence-electron chi connectivity index (χ3n) is 3.63. The van der Waals surface area contributed by atoms with Crippen LogP contribution in [0.4, 0.5) is 5.69 Å². The van der Waals surface area contributed by atoms with Gasteiger partial charge in [-0.1, -0.05) is 12.2 Å². The minimum absolute atomic E-state index is 0.466. The molecule has 2 N–H and O–H groups in total. The van der Waals surface area contributed by atoms with E-state index in [1.165, 1.54) is 21.7 Å². The molecule has 0 fully saturated rings. The number of thiocarbonyl (C=S) groups is 1. The summed E-state index contributed by atoms with van der Waals surface area (Å²) in [5.74, 6) is 0. The third kappa shape index (κ3) is 2.38. The van der Waals surface area contributed by atoms with Gasteiger partial charge in [0.25, 0.3) is 0 Å². The minimum atomic E-state index is 0.466. The molecule has 0 atom stereocenters. The van der Waals surface area contributed by atoms with Gasteiger partial charge >= 0.3 is 0 Å². The highest BCUT2D eigenvalue weighted by molar-refractivity contribution is 7.80. The number of hydrogen-bond acceptors (Lipinski definition) is 3. The molecule has 0 amide bonds. The first-order chi connectivity index (χ1) is 9.15. The highest BCUT2D eigenvalue weighted by atomic mass is 32.1. The molecule has 2 aromatic rings. The topological polar surface area (TPSA) is 29.3 Å². The number of hydrogen-bond donors (Lipinski definition) is 1. The molecule has 0 saturated heterocycles. The number of benzene rings is 1. The fourth-order valence-electron chi connectivity index (χ4n) is 2.62. The van der Waals surface area contributed by atoms with E-state index in [0.29, 0.717) is 4.99 Å². The number of thiophene rings is 1. The molecule has 0 spiro atoms. The fourth-order valence-corrected chi connectivity index (χ4v) is 3.63. The van der Waals surface area contributed by atoms with Crippen molar-refractivity contribution in [1.82, 2.24) is 0 Å². The maximum Gasteiger partial charge on any atom is 0.103 e. The lowest BCUT2D eigenvalue weighted by Crippen LogP contribution is -2.30. The maximum atomic E-state index is 5.68. The molecule has 1 aliphatic rings. The quantitative estimate of drug-likeness (QED) is 0.860. The highest BCUT2D eigenvalue weighted by Crippen LogP contribution is 2.30. The normalized spacial score (nSPS) is 14.3. The van der Waals surface area contributed by atoms with Crippen molar-refractivity contribution in [3.63, 3.8) is 0 Å². The van der Waals surface area contributed by atoms with Crippen molar-refractivity contribution in [2.45, 2.75) is 19.9 Å². The molecule has 19 heavy (non-hydrogen) atoms. The highest BCUT2D eigenvalue weighted by Gasteiger charge is 2.18. The molecule has 0 aliphatic carbocycles. The van der Waals surface area contributed by atoms with E-state index < -0.39 is 0 Å². The van der Waals surface area contributed by atoms with Crippen molar-refractivity contribution < 1.29 is 0 Å². The van der Waals surface area contributed by atoms with Gasteiger partial charge in [-0.15, -0.1) is 11.3 Å². The summed E-state index contributed by atoms with van der Waals surface area (Å²) < 4.78 is 0. The lowest BCUT2D eigenvalue weighted by Gasteiger charge is -2.30. The maximum absolute atomic E-state index is 5.68. The Morgan fingerprint density at radius 1 is 1.37 bits per heavy atom. The molecule has 2 nitrogen and oxygen atoms in total. The van der Waals surface area contributed by atoms with Crippen LogP contribution in [0.2, 0.25) is 0 Å². The molecule has 0 unspecified atom stereocenters. The number of anilines is 1. The van der Waals surface area contributed by atoms with Crippen LogP contribution in [-0.4, -0.2) is 11.5 Å². The van der Waals surface area contributed by atoms with Gasteiger partial charge in [0.1, 0.15) is 4.99 Å². The van der Waals surface area contributed by atoms with Crippen LogP contribution in [0.25, 0.3) is 0 Å². The van der Waals surface area contributed by atoms with Crippen LogP contribution in [0.1, 0.15) is 21.6 Å². The summed E-state index contributed by atoms with van der Waals surface area (Å²) in [6.07, 6.45) is 1.14. The van der Waals surface area contributed by atoms with Gasteiger partial charge in [0, 0.05) is 29.2 Å². The summed E-state index contributed by atoms with van der Waals surface area (Å²) in [6.45, 7) is 4.22. The molecule has 2 heterocycles. The van der Waals surface area contributed by atoms with Gasteiger partial charge in [-0.25, -0.2) is 0 Å². The molecular formula is C15H16N2S2. The Bertz CT molecular complexity index is 631. The molecule has 3 rings (SSSR count). The first kappa shape index (κ1) is 12.6. The van der Waals surface area contributed by atoms with Crippen molar-refractivity contribution in [3.8, 4) is 0 Å². The monoisotopic (exact) mass is 288 g/mol. The van der Waals surface area contributed by atoms with Crippen molar-refractivity contribution in [3.05, 3.63) is 51.2 Å². The Kier molecular flexibility index (Phi) is 3.29. The summed E-state index contributed by atoms with van der Waals surface area (Å²) in [5.41, 5.74) is 10.6. The minimum Gasteiger partial charge on any atom is -0.389 e. The Morgan fingerprint density at radius 2 is 2.21 bits per heavy atom. The summed E-state index contributed by atoms with van der Waals surface area (Å²) in [6, 6.07) is 8.49. The Labute approximate surface area is 122 Å². The van der Waals surface area contributed by atoms with Gasteiger partial charge in [0.2, 0.25) is 0 Å². The predicted octanol–water partition coefficient (Wildman–Crippen LogP) is 3.25.